The summed E-state index contributed by atoms with van der Waals surface area (Å²) in [7, 11) is 0. The molecule has 1 atom stereocenters. The van der Waals surface area contributed by atoms with Gasteiger partial charge >= 0.3 is 0 Å². The van der Waals surface area contributed by atoms with Crippen LogP contribution in [-0.4, -0.2) is 32.7 Å². The third-order valence-electron chi connectivity index (χ3n) is 5.89. The van der Waals surface area contributed by atoms with Crippen LogP contribution in [0.4, 0.5) is 0 Å². The van der Waals surface area contributed by atoms with E-state index in [1.165, 1.54) is 19.3 Å². The predicted octanol–water partition coefficient (Wildman–Crippen LogP) is 3.93. The molecule has 1 aliphatic heterocycles. The summed E-state index contributed by atoms with van der Waals surface area (Å²) in [5, 5.41) is 11.5. The molecule has 0 radical (unpaired) electrons. The van der Waals surface area contributed by atoms with Gasteiger partial charge in [-0.3, -0.25) is 9.89 Å². The Morgan fingerprint density at radius 1 is 1.20 bits per heavy atom. The first kappa shape index (κ1) is 16.4. The summed E-state index contributed by atoms with van der Waals surface area (Å²) < 4.78 is 5.54. The molecule has 6 heteroatoms. The van der Waals surface area contributed by atoms with E-state index in [0.29, 0.717) is 5.91 Å². The first-order valence-electron chi connectivity index (χ1n) is 9.44. The van der Waals surface area contributed by atoms with Crippen molar-refractivity contribution in [3.05, 3.63) is 23.1 Å². The van der Waals surface area contributed by atoms with Crippen LogP contribution < -0.4 is 0 Å². The molecule has 1 aliphatic carbocycles. The van der Waals surface area contributed by atoms with E-state index >= 15 is 0 Å². The minimum absolute atomic E-state index is 0.0664. The van der Waals surface area contributed by atoms with Gasteiger partial charge in [-0.15, -0.1) is 0 Å². The Morgan fingerprint density at radius 3 is 2.72 bits per heavy atom. The van der Waals surface area contributed by atoms with Gasteiger partial charge in [0.15, 0.2) is 5.76 Å². The summed E-state index contributed by atoms with van der Waals surface area (Å²) in [5.74, 6) is 1.29. The Morgan fingerprint density at radius 2 is 2.00 bits per heavy atom. The molecular weight excluding hydrogens is 316 g/mol. The lowest BCUT2D eigenvalue weighted by Gasteiger charge is -2.30. The number of carbonyl (C=O) groups excluding carboxylic acids is 1. The second-order valence-electron chi connectivity index (χ2n) is 7.44. The molecule has 0 spiro atoms. The second kappa shape index (κ2) is 6.65. The van der Waals surface area contributed by atoms with Crippen LogP contribution >= 0.6 is 0 Å². The SMILES string of the molecule is Cc1noc(-c2cn[nH]c2C2CCCN2C(=O)C2CCCCC2)c1C. The van der Waals surface area contributed by atoms with Crippen LogP contribution in [0.2, 0.25) is 0 Å². The number of aryl methyl sites for hydroxylation is 1. The fourth-order valence-corrected chi connectivity index (χ4v) is 4.31. The van der Waals surface area contributed by atoms with Crippen LogP contribution in [0.1, 0.15) is 67.9 Å². The zero-order valence-electron chi connectivity index (χ0n) is 15.0. The number of aromatic nitrogens is 3. The summed E-state index contributed by atoms with van der Waals surface area (Å²) in [4.78, 5) is 15.2. The van der Waals surface area contributed by atoms with Crippen LogP contribution in [0, 0.1) is 19.8 Å². The van der Waals surface area contributed by atoms with E-state index in [4.69, 9.17) is 4.52 Å². The first-order chi connectivity index (χ1) is 12.2. The molecule has 1 saturated carbocycles. The predicted molar refractivity (Wildman–Crippen MR) is 93.8 cm³/mol. The molecule has 0 bridgehead atoms. The molecule has 1 N–H and O–H groups in total. The number of amides is 1. The minimum atomic E-state index is 0.0664. The molecule has 6 nitrogen and oxygen atoms in total. The molecule has 2 aromatic heterocycles. The molecule has 2 fully saturated rings. The lowest BCUT2D eigenvalue weighted by Crippen LogP contribution is -2.36. The van der Waals surface area contributed by atoms with Crippen molar-refractivity contribution >= 4 is 5.91 Å². The number of likely N-dealkylation sites (tertiary alicyclic amines) is 1. The lowest BCUT2D eigenvalue weighted by atomic mass is 9.88. The van der Waals surface area contributed by atoms with Gasteiger partial charge in [0.05, 0.1) is 29.2 Å². The van der Waals surface area contributed by atoms with Gasteiger partial charge in [0.25, 0.3) is 0 Å². The summed E-state index contributed by atoms with van der Waals surface area (Å²) in [6.07, 6.45) is 9.51. The quantitative estimate of drug-likeness (QED) is 0.917. The monoisotopic (exact) mass is 342 g/mol. The fourth-order valence-electron chi connectivity index (χ4n) is 4.31. The summed E-state index contributed by atoms with van der Waals surface area (Å²) in [6.45, 7) is 4.79. The lowest BCUT2D eigenvalue weighted by molar-refractivity contribution is -0.137. The molecule has 1 unspecified atom stereocenters. The van der Waals surface area contributed by atoms with Crippen LogP contribution in [0.15, 0.2) is 10.7 Å². The maximum atomic E-state index is 13.1. The highest BCUT2D eigenvalue weighted by Gasteiger charge is 2.37. The van der Waals surface area contributed by atoms with Gasteiger partial charge in [-0.05, 0) is 39.5 Å². The maximum Gasteiger partial charge on any atom is 0.226 e. The molecule has 1 amide bonds. The van der Waals surface area contributed by atoms with Crippen LogP contribution in [0.5, 0.6) is 0 Å². The van der Waals surface area contributed by atoms with Crippen molar-refractivity contribution in [2.75, 3.05) is 6.54 Å². The Bertz CT molecular complexity index is 757. The molecule has 25 heavy (non-hydrogen) atoms. The van der Waals surface area contributed by atoms with Crippen LogP contribution in [-0.2, 0) is 4.79 Å². The smallest absolute Gasteiger partial charge is 0.226 e. The number of carbonyl (C=O) groups is 1. The maximum absolute atomic E-state index is 13.1. The second-order valence-corrected chi connectivity index (χ2v) is 7.44. The number of nitrogens with zero attached hydrogens (tertiary/aromatic N) is 3. The molecule has 3 heterocycles. The molecular formula is C19H26N4O2. The van der Waals surface area contributed by atoms with E-state index < -0.39 is 0 Å². The zero-order valence-corrected chi connectivity index (χ0v) is 15.0. The topological polar surface area (TPSA) is 75.0 Å². The van der Waals surface area contributed by atoms with E-state index in [2.05, 4.69) is 20.3 Å². The highest BCUT2D eigenvalue weighted by Crippen LogP contribution is 2.39. The van der Waals surface area contributed by atoms with Crippen molar-refractivity contribution < 1.29 is 9.32 Å². The van der Waals surface area contributed by atoms with Gasteiger partial charge < -0.3 is 9.42 Å². The Labute approximate surface area is 148 Å². The third-order valence-corrected chi connectivity index (χ3v) is 5.89. The standard InChI is InChI=1S/C19H26N4O2/c1-12-13(2)22-25-18(12)15-11-20-21-17(15)16-9-6-10-23(16)19(24)14-7-4-3-5-8-14/h11,14,16H,3-10H2,1-2H3,(H,20,21). The van der Waals surface area contributed by atoms with E-state index in [-0.39, 0.29) is 12.0 Å². The van der Waals surface area contributed by atoms with Gasteiger partial charge in [0.1, 0.15) is 0 Å². The molecule has 134 valence electrons. The zero-order chi connectivity index (χ0) is 17.4. The molecule has 2 aliphatic rings. The van der Waals surface area contributed by atoms with Crippen molar-refractivity contribution in [2.45, 2.75) is 64.8 Å². The number of rotatable bonds is 3. The fraction of sp³-hybridized carbons (Fsp3) is 0.632. The normalized spacial score (nSPS) is 21.8. The highest BCUT2D eigenvalue weighted by atomic mass is 16.5. The number of H-pyrrole nitrogens is 1. The Kier molecular flexibility index (Phi) is 4.36. The molecule has 2 aromatic rings. The molecule has 1 saturated heterocycles. The van der Waals surface area contributed by atoms with E-state index in [0.717, 1.165) is 60.5 Å². The van der Waals surface area contributed by atoms with Crippen LogP contribution in [0.3, 0.4) is 0 Å². The average molecular weight is 342 g/mol. The summed E-state index contributed by atoms with van der Waals surface area (Å²) in [5.41, 5.74) is 3.85. The van der Waals surface area contributed by atoms with Gasteiger partial charge in [0, 0.05) is 18.0 Å². The van der Waals surface area contributed by atoms with Gasteiger partial charge in [-0.1, -0.05) is 24.4 Å². The first-order valence-corrected chi connectivity index (χ1v) is 9.44. The molecule has 4 rings (SSSR count). The van der Waals surface area contributed by atoms with Gasteiger partial charge in [-0.2, -0.15) is 5.10 Å². The van der Waals surface area contributed by atoms with E-state index in [1.54, 1.807) is 6.20 Å². The number of hydrogen-bond acceptors (Lipinski definition) is 4. The Hall–Kier alpha value is -2.11. The van der Waals surface area contributed by atoms with Crippen molar-refractivity contribution in [2.24, 2.45) is 5.92 Å². The van der Waals surface area contributed by atoms with E-state index in [9.17, 15) is 4.79 Å². The highest BCUT2D eigenvalue weighted by molar-refractivity contribution is 5.80. The van der Waals surface area contributed by atoms with E-state index in [1.807, 2.05) is 13.8 Å². The van der Waals surface area contributed by atoms with Gasteiger partial charge in [-0.25, -0.2) is 0 Å². The van der Waals surface area contributed by atoms with Crippen molar-refractivity contribution in [3.8, 4) is 11.3 Å². The number of nitrogens with one attached hydrogen (secondary N) is 1. The Balaban J connectivity index is 1.62. The van der Waals surface area contributed by atoms with Crippen molar-refractivity contribution in [3.63, 3.8) is 0 Å². The minimum Gasteiger partial charge on any atom is -0.356 e. The molecule has 0 aromatic carbocycles. The van der Waals surface area contributed by atoms with Crippen molar-refractivity contribution in [1.29, 1.82) is 0 Å². The number of hydrogen-bond donors (Lipinski definition) is 1. The number of aromatic amines is 1. The average Bonchev–Trinajstić information content (AvgIpc) is 3.36. The largest absolute Gasteiger partial charge is 0.356 e. The van der Waals surface area contributed by atoms with Gasteiger partial charge in [0.2, 0.25) is 5.91 Å². The van der Waals surface area contributed by atoms with Crippen molar-refractivity contribution in [1.82, 2.24) is 20.3 Å². The summed E-state index contributed by atoms with van der Waals surface area (Å²) in [6, 6.07) is 0.0664. The summed E-state index contributed by atoms with van der Waals surface area (Å²) >= 11 is 0. The third kappa shape index (κ3) is 2.87. The van der Waals surface area contributed by atoms with Crippen LogP contribution in [0.25, 0.3) is 11.3 Å².